The van der Waals surface area contributed by atoms with Crippen LogP contribution in [0.4, 0.5) is 0 Å². The van der Waals surface area contributed by atoms with Crippen LogP contribution in [0.5, 0.6) is 11.5 Å². The van der Waals surface area contributed by atoms with Crippen LogP contribution in [-0.4, -0.2) is 37.5 Å². The number of hydrogen-bond donors (Lipinski definition) is 0. The molecule has 2 aliphatic rings. The molecule has 7 rings (SSSR count). The van der Waals surface area contributed by atoms with Crippen LogP contribution in [0.3, 0.4) is 0 Å². The van der Waals surface area contributed by atoms with Crippen LogP contribution in [0.2, 0.25) is 0 Å². The Balaban J connectivity index is 1.55. The number of methoxy groups -OCH3 is 2. The van der Waals surface area contributed by atoms with Gasteiger partial charge in [0, 0.05) is 23.1 Å². The largest absolute Gasteiger partial charge is 0.497 e. The third kappa shape index (κ3) is 3.26. The highest BCUT2D eigenvalue weighted by Crippen LogP contribution is 2.55. The molecule has 0 unspecified atom stereocenters. The maximum absolute atomic E-state index is 13.5. The molecule has 5 heteroatoms. The molecule has 0 aromatic heterocycles. The number of imide groups is 1. The molecule has 0 bridgehead atoms. The van der Waals surface area contributed by atoms with E-state index in [0.29, 0.717) is 17.7 Å². The molecule has 0 radical (unpaired) electrons. The average molecular weight is 514 g/mol. The van der Waals surface area contributed by atoms with Gasteiger partial charge in [0.05, 0.1) is 14.2 Å². The number of fused-ring (bicyclic) bond motifs is 4. The first-order chi connectivity index (χ1) is 19.0. The number of amides is 2. The summed E-state index contributed by atoms with van der Waals surface area (Å²) in [6.07, 6.45) is 1.71. The molecule has 39 heavy (non-hydrogen) atoms. The van der Waals surface area contributed by atoms with E-state index in [1.165, 1.54) is 4.90 Å². The van der Waals surface area contributed by atoms with E-state index in [1.54, 1.807) is 14.2 Å². The number of carbonyl (C=O) groups excluding carboxylic acids is 2. The molecule has 5 nitrogen and oxygen atoms in total. The second kappa shape index (κ2) is 8.70. The molecular formula is C34H27NO4. The number of nitrogens with zero attached hydrogens (tertiary/aromatic N) is 1. The number of unbranched alkanes of at least 4 members (excludes halogenated alkanes) is 1. The van der Waals surface area contributed by atoms with Gasteiger partial charge in [0.2, 0.25) is 0 Å². The van der Waals surface area contributed by atoms with Gasteiger partial charge < -0.3 is 9.47 Å². The van der Waals surface area contributed by atoms with Crippen molar-refractivity contribution in [2.75, 3.05) is 20.8 Å². The zero-order valence-electron chi connectivity index (χ0n) is 22.1. The Labute approximate surface area is 226 Å². The lowest BCUT2D eigenvalue weighted by Crippen LogP contribution is -2.40. The minimum Gasteiger partial charge on any atom is -0.497 e. The topological polar surface area (TPSA) is 55.8 Å². The van der Waals surface area contributed by atoms with Gasteiger partial charge in [0.1, 0.15) is 11.5 Å². The first-order valence-corrected chi connectivity index (χ1v) is 13.3. The lowest BCUT2D eigenvalue weighted by atomic mass is 9.87. The van der Waals surface area contributed by atoms with Gasteiger partial charge in [-0.2, -0.15) is 0 Å². The van der Waals surface area contributed by atoms with Gasteiger partial charge in [-0.1, -0.05) is 43.7 Å². The van der Waals surface area contributed by atoms with E-state index < -0.39 is 0 Å². The van der Waals surface area contributed by atoms with Gasteiger partial charge in [-0.15, -0.1) is 0 Å². The first kappa shape index (κ1) is 23.5. The van der Waals surface area contributed by atoms with Crippen LogP contribution >= 0.6 is 0 Å². The van der Waals surface area contributed by atoms with Crippen LogP contribution in [0.25, 0.3) is 54.9 Å². The van der Waals surface area contributed by atoms with Crippen LogP contribution in [-0.2, 0) is 0 Å². The summed E-state index contributed by atoms with van der Waals surface area (Å²) in [5.41, 5.74) is 7.65. The molecular weight excluding hydrogens is 486 g/mol. The molecule has 0 fully saturated rings. The summed E-state index contributed by atoms with van der Waals surface area (Å²) in [4.78, 5) is 28.5. The van der Waals surface area contributed by atoms with Crippen LogP contribution in [0.15, 0.2) is 72.8 Å². The summed E-state index contributed by atoms with van der Waals surface area (Å²) in [6.45, 7) is 2.50. The van der Waals surface area contributed by atoms with Gasteiger partial charge >= 0.3 is 0 Å². The monoisotopic (exact) mass is 513 g/mol. The number of benzene rings is 5. The number of rotatable bonds is 6. The normalized spacial score (nSPS) is 13.4. The molecule has 5 aromatic rings. The minimum atomic E-state index is -0.203. The molecule has 0 atom stereocenters. The molecule has 192 valence electrons. The zero-order chi connectivity index (χ0) is 26.8. The van der Waals surface area contributed by atoms with Gasteiger partial charge in [-0.25, -0.2) is 0 Å². The summed E-state index contributed by atoms with van der Waals surface area (Å²) in [7, 11) is 3.34. The fraction of sp³-hybridized carbons (Fsp3) is 0.176. The summed E-state index contributed by atoms with van der Waals surface area (Å²) >= 11 is 0. The fourth-order valence-electron chi connectivity index (χ4n) is 6.24. The van der Waals surface area contributed by atoms with Crippen molar-refractivity contribution < 1.29 is 19.1 Å². The third-order valence-corrected chi connectivity index (χ3v) is 8.13. The smallest absolute Gasteiger partial charge is 0.261 e. The number of ether oxygens (including phenoxy) is 2. The van der Waals surface area contributed by atoms with E-state index in [1.807, 2.05) is 30.3 Å². The number of hydrogen-bond acceptors (Lipinski definition) is 4. The zero-order valence-corrected chi connectivity index (χ0v) is 22.1. The second-order valence-corrected chi connectivity index (χ2v) is 10.2. The lowest BCUT2D eigenvalue weighted by Gasteiger charge is -2.27. The maximum Gasteiger partial charge on any atom is 0.261 e. The van der Waals surface area contributed by atoms with Crippen molar-refractivity contribution >= 4 is 33.4 Å². The fourth-order valence-corrected chi connectivity index (χ4v) is 6.24. The van der Waals surface area contributed by atoms with Gasteiger partial charge in [0.15, 0.2) is 0 Å². The second-order valence-electron chi connectivity index (χ2n) is 10.2. The van der Waals surface area contributed by atoms with Gasteiger partial charge in [-0.3, -0.25) is 14.5 Å². The van der Waals surface area contributed by atoms with Crippen LogP contribution < -0.4 is 9.47 Å². The highest BCUT2D eigenvalue weighted by molar-refractivity contribution is 6.32. The third-order valence-electron chi connectivity index (χ3n) is 8.13. The van der Waals surface area contributed by atoms with E-state index in [4.69, 9.17) is 9.47 Å². The molecule has 1 heterocycles. The molecule has 1 aliphatic heterocycles. The molecule has 1 aliphatic carbocycles. The van der Waals surface area contributed by atoms with E-state index in [0.717, 1.165) is 79.3 Å². The Morgan fingerprint density at radius 1 is 0.641 bits per heavy atom. The number of carbonyl (C=O) groups is 2. The summed E-state index contributed by atoms with van der Waals surface area (Å²) in [5.74, 6) is 1.17. The molecule has 0 spiro atoms. The predicted molar refractivity (Wildman–Crippen MR) is 155 cm³/mol. The highest BCUT2D eigenvalue weighted by Gasteiger charge is 2.36. The Hall–Kier alpha value is -4.64. The van der Waals surface area contributed by atoms with Crippen molar-refractivity contribution in [3.8, 4) is 44.9 Å². The standard InChI is InChI=1S/C34H27NO4/c1-4-5-16-35-33(36)25-14-12-23-28-17-20-8-11-22(39-3)18-27(20)29(19-6-9-21(38-2)10-7-19)31(28)24-13-15-26(34(35)37)32(25)30(23)24/h6-15,17-18H,4-5,16H2,1-3H3. The maximum atomic E-state index is 13.5. The van der Waals surface area contributed by atoms with E-state index in [2.05, 4.69) is 49.4 Å². The first-order valence-electron chi connectivity index (χ1n) is 13.3. The average Bonchev–Trinajstić information content (AvgIpc) is 3.30. The van der Waals surface area contributed by atoms with Crippen molar-refractivity contribution in [2.45, 2.75) is 19.8 Å². The SMILES string of the molecule is CCCCN1C(=O)c2ccc3c4c(ccc(c24)C1=O)-c1c-3cc2ccc(OC)cc2c1-c1ccc(OC)cc1. The Kier molecular flexibility index (Phi) is 5.24. The molecule has 2 amide bonds. The Bertz CT molecular complexity index is 1830. The Morgan fingerprint density at radius 3 is 1.92 bits per heavy atom. The highest BCUT2D eigenvalue weighted by atomic mass is 16.5. The quantitative estimate of drug-likeness (QED) is 0.214. The molecule has 0 saturated carbocycles. The Morgan fingerprint density at radius 2 is 1.26 bits per heavy atom. The van der Waals surface area contributed by atoms with Gasteiger partial charge in [0.25, 0.3) is 11.8 Å². The van der Waals surface area contributed by atoms with E-state index in [-0.39, 0.29) is 11.8 Å². The van der Waals surface area contributed by atoms with Crippen LogP contribution in [0.1, 0.15) is 40.5 Å². The van der Waals surface area contributed by atoms with Gasteiger partial charge in [-0.05, 0) is 98.4 Å². The van der Waals surface area contributed by atoms with Crippen molar-refractivity contribution in [3.05, 3.63) is 83.9 Å². The molecule has 0 saturated heterocycles. The molecule has 0 N–H and O–H groups in total. The van der Waals surface area contributed by atoms with Crippen molar-refractivity contribution in [2.24, 2.45) is 0 Å². The summed E-state index contributed by atoms with van der Waals surface area (Å²) < 4.78 is 11.0. The van der Waals surface area contributed by atoms with Crippen molar-refractivity contribution in [1.29, 1.82) is 0 Å². The van der Waals surface area contributed by atoms with Crippen molar-refractivity contribution in [1.82, 2.24) is 4.90 Å². The summed E-state index contributed by atoms with van der Waals surface area (Å²) in [5, 5.41) is 3.92. The predicted octanol–water partition coefficient (Wildman–Crippen LogP) is 7.72. The van der Waals surface area contributed by atoms with Crippen LogP contribution in [0, 0.1) is 0 Å². The van der Waals surface area contributed by atoms with E-state index in [9.17, 15) is 9.59 Å². The minimum absolute atomic E-state index is 0.203. The summed E-state index contributed by atoms with van der Waals surface area (Å²) in [6, 6.07) is 24.4. The molecule has 5 aromatic carbocycles. The van der Waals surface area contributed by atoms with Crippen molar-refractivity contribution in [3.63, 3.8) is 0 Å². The lowest BCUT2D eigenvalue weighted by molar-refractivity contribution is 0.0608. The van der Waals surface area contributed by atoms with E-state index >= 15 is 0 Å².